The highest BCUT2D eigenvalue weighted by atomic mass is 32.2. The predicted molar refractivity (Wildman–Crippen MR) is 105 cm³/mol. The topological polar surface area (TPSA) is 71.2 Å². The third-order valence-corrected chi connectivity index (χ3v) is 4.93. The minimum Gasteiger partial charge on any atom is -0.508 e. The van der Waals surface area contributed by atoms with E-state index >= 15 is 0 Å². The van der Waals surface area contributed by atoms with Gasteiger partial charge in [-0.05, 0) is 37.4 Å². The summed E-state index contributed by atoms with van der Waals surface area (Å²) in [7, 11) is 0. The number of aromatic nitrogens is 2. The van der Waals surface area contributed by atoms with Gasteiger partial charge in [-0.15, -0.1) is 11.8 Å². The van der Waals surface area contributed by atoms with Crippen molar-refractivity contribution < 1.29 is 9.52 Å². The van der Waals surface area contributed by atoms with Crippen molar-refractivity contribution in [3.05, 3.63) is 60.4 Å². The number of aromatic hydroxyl groups is 1. The third kappa shape index (κ3) is 2.99. The van der Waals surface area contributed by atoms with Crippen molar-refractivity contribution in [3.63, 3.8) is 0 Å². The lowest BCUT2D eigenvalue weighted by atomic mass is 10.1. The number of hydrogen-bond acceptors (Lipinski definition) is 6. The second kappa shape index (κ2) is 6.72. The Hall–Kier alpha value is -2.99. The summed E-state index contributed by atoms with van der Waals surface area (Å²) in [6.07, 6.45) is 3.52. The van der Waals surface area contributed by atoms with Crippen LogP contribution in [0.1, 0.15) is 5.56 Å². The normalized spacial score (nSPS) is 11.0. The number of fused-ring (bicyclic) bond motifs is 1. The van der Waals surface area contributed by atoms with Crippen LogP contribution >= 0.6 is 11.8 Å². The highest BCUT2D eigenvalue weighted by molar-refractivity contribution is 7.98. The van der Waals surface area contributed by atoms with E-state index in [1.165, 1.54) is 11.2 Å². The Morgan fingerprint density at radius 2 is 1.88 bits per heavy atom. The van der Waals surface area contributed by atoms with E-state index in [4.69, 9.17) is 4.42 Å². The summed E-state index contributed by atoms with van der Waals surface area (Å²) in [4.78, 5) is 9.83. The second-order valence-electron chi connectivity index (χ2n) is 5.86. The third-order valence-electron chi connectivity index (χ3n) is 4.19. The van der Waals surface area contributed by atoms with Crippen LogP contribution in [0.2, 0.25) is 0 Å². The van der Waals surface area contributed by atoms with Gasteiger partial charge in [-0.3, -0.25) is 0 Å². The number of nitrogens with one attached hydrogen (secondary N) is 1. The lowest BCUT2D eigenvalue weighted by Gasteiger charge is -2.07. The van der Waals surface area contributed by atoms with Gasteiger partial charge in [0.25, 0.3) is 0 Å². The van der Waals surface area contributed by atoms with Crippen molar-refractivity contribution >= 4 is 34.4 Å². The van der Waals surface area contributed by atoms with E-state index in [1.54, 1.807) is 30.0 Å². The van der Waals surface area contributed by atoms with Crippen molar-refractivity contribution in [2.75, 3.05) is 11.6 Å². The number of phenolic OH excluding ortho intramolecular Hbond substituents is 1. The minimum absolute atomic E-state index is 0.193. The Balaban J connectivity index is 1.79. The van der Waals surface area contributed by atoms with Crippen LogP contribution in [0.3, 0.4) is 0 Å². The summed E-state index contributed by atoms with van der Waals surface area (Å²) in [5, 5.41) is 13.7. The zero-order chi connectivity index (χ0) is 18.1. The number of phenols is 1. The summed E-state index contributed by atoms with van der Waals surface area (Å²) in [5.74, 6) is 1.62. The molecule has 5 nitrogen and oxygen atoms in total. The molecule has 0 saturated carbocycles. The molecule has 0 saturated heterocycles. The van der Waals surface area contributed by atoms with Gasteiger partial charge < -0.3 is 14.8 Å². The average molecular weight is 363 g/mol. The molecule has 0 aliphatic carbocycles. The number of anilines is 2. The molecule has 2 N–H and O–H groups in total. The molecule has 0 spiro atoms. The number of furan rings is 1. The van der Waals surface area contributed by atoms with Crippen LogP contribution in [-0.4, -0.2) is 21.3 Å². The largest absolute Gasteiger partial charge is 0.508 e. The van der Waals surface area contributed by atoms with E-state index in [-0.39, 0.29) is 5.75 Å². The van der Waals surface area contributed by atoms with Gasteiger partial charge in [-0.25, -0.2) is 9.97 Å². The molecule has 0 amide bonds. The number of benzene rings is 2. The second-order valence-corrected chi connectivity index (χ2v) is 6.74. The SMILES string of the molecule is CSc1ccc(-c2oc3ncnc(Nc4cccc(O)c4)c3c2C)cc1. The smallest absolute Gasteiger partial charge is 0.232 e. The Morgan fingerprint density at radius 3 is 2.62 bits per heavy atom. The zero-order valence-corrected chi connectivity index (χ0v) is 15.2. The first-order valence-corrected chi connectivity index (χ1v) is 9.33. The molecule has 2 aromatic heterocycles. The van der Waals surface area contributed by atoms with Gasteiger partial charge in [0.2, 0.25) is 5.71 Å². The van der Waals surface area contributed by atoms with E-state index in [0.717, 1.165) is 28.0 Å². The molecule has 0 atom stereocenters. The number of rotatable bonds is 4. The van der Waals surface area contributed by atoms with Gasteiger partial charge in [0.1, 0.15) is 23.7 Å². The molecule has 0 radical (unpaired) electrons. The lowest BCUT2D eigenvalue weighted by molar-refractivity contribution is 0.475. The van der Waals surface area contributed by atoms with Gasteiger partial charge in [0.05, 0.1) is 5.39 Å². The summed E-state index contributed by atoms with van der Waals surface area (Å²) in [6.45, 7) is 2.00. The maximum atomic E-state index is 9.66. The van der Waals surface area contributed by atoms with Crippen molar-refractivity contribution in [2.24, 2.45) is 0 Å². The van der Waals surface area contributed by atoms with Crippen molar-refractivity contribution in [1.82, 2.24) is 9.97 Å². The van der Waals surface area contributed by atoms with Crippen LogP contribution in [0.5, 0.6) is 5.75 Å². The van der Waals surface area contributed by atoms with E-state index < -0.39 is 0 Å². The standard InChI is InChI=1S/C20H17N3O2S/c1-12-17-19(23-14-4-3-5-15(24)10-14)21-11-22-20(17)25-18(12)13-6-8-16(26-2)9-7-13/h3-11,24H,1-2H3,(H,21,22,23). The van der Waals surface area contributed by atoms with Crippen molar-refractivity contribution in [3.8, 4) is 17.1 Å². The van der Waals surface area contributed by atoms with E-state index in [0.29, 0.717) is 11.5 Å². The molecule has 0 fully saturated rings. The lowest BCUT2D eigenvalue weighted by Crippen LogP contribution is -1.95. The van der Waals surface area contributed by atoms with Crippen LogP contribution in [0, 0.1) is 6.92 Å². The Bertz CT molecular complexity index is 1070. The molecular weight excluding hydrogens is 346 g/mol. The summed E-state index contributed by atoms with van der Waals surface area (Å²) >= 11 is 1.70. The maximum absolute atomic E-state index is 9.66. The van der Waals surface area contributed by atoms with E-state index in [1.807, 2.05) is 25.1 Å². The highest BCUT2D eigenvalue weighted by Gasteiger charge is 2.17. The van der Waals surface area contributed by atoms with Gasteiger partial charge in [-0.1, -0.05) is 18.2 Å². The van der Waals surface area contributed by atoms with Gasteiger partial charge in [-0.2, -0.15) is 0 Å². The van der Waals surface area contributed by atoms with Crippen molar-refractivity contribution in [1.29, 1.82) is 0 Å². The van der Waals surface area contributed by atoms with Gasteiger partial charge >= 0.3 is 0 Å². The summed E-state index contributed by atoms with van der Waals surface area (Å²) < 4.78 is 6.01. The fourth-order valence-electron chi connectivity index (χ4n) is 2.90. The Kier molecular flexibility index (Phi) is 4.26. The van der Waals surface area contributed by atoms with Crippen LogP contribution in [0.4, 0.5) is 11.5 Å². The maximum Gasteiger partial charge on any atom is 0.232 e. The fourth-order valence-corrected chi connectivity index (χ4v) is 3.31. The fraction of sp³-hybridized carbons (Fsp3) is 0.100. The highest BCUT2D eigenvalue weighted by Crippen LogP contribution is 2.36. The molecule has 0 aliphatic heterocycles. The first-order valence-electron chi connectivity index (χ1n) is 8.10. The first kappa shape index (κ1) is 16.5. The molecule has 2 aromatic carbocycles. The van der Waals surface area contributed by atoms with Crippen LogP contribution in [0.25, 0.3) is 22.4 Å². The number of thioether (sulfide) groups is 1. The van der Waals surface area contributed by atoms with E-state index in [9.17, 15) is 5.11 Å². The molecular formula is C20H17N3O2S. The van der Waals surface area contributed by atoms with Crippen LogP contribution in [-0.2, 0) is 0 Å². The van der Waals surface area contributed by atoms with Gasteiger partial charge in [0.15, 0.2) is 0 Å². The molecule has 2 heterocycles. The Morgan fingerprint density at radius 1 is 1.08 bits per heavy atom. The number of hydrogen-bond donors (Lipinski definition) is 2. The monoisotopic (exact) mass is 363 g/mol. The molecule has 26 heavy (non-hydrogen) atoms. The predicted octanol–water partition coefficient (Wildman–Crippen LogP) is 5.37. The molecule has 0 bridgehead atoms. The van der Waals surface area contributed by atoms with E-state index in [2.05, 4.69) is 33.7 Å². The molecule has 4 rings (SSSR count). The van der Waals surface area contributed by atoms with Crippen LogP contribution < -0.4 is 5.32 Å². The average Bonchev–Trinajstić information content (AvgIpc) is 3.00. The quantitative estimate of drug-likeness (QED) is 0.475. The molecule has 130 valence electrons. The van der Waals surface area contributed by atoms with Gasteiger partial charge in [0, 0.05) is 27.8 Å². The summed E-state index contributed by atoms with van der Waals surface area (Å²) in [5.41, 5.74) is 3.25. The Labute approximate surface area is 155 Å². The number of nitrogens with zero attached hydrogens (tertiary/aromatic N) is 2. The minimum atomic E-state index is 0.193. The summed E-state index contributed by atoms with van der Waals surface area (Å²) in [6, 6.07) is 15.2. The molecule has 4 aromatic rings. The number of aryl methyl sites for hydroxylation is 1. The first-order chi connectivity index (χ1) is 12.7. The van der Waals surface area contributed by atoms with Crippen LogP contribution in [0.15, 0.2) is 64.2 Å². The molecule has 6 heteroatoms. The molecule has 0 aliphatic rings. The molecule has 0 unspecified atom stereocenters. The van der Waals surface area contributed by atoms with Crippen molar-refractivity contribution in [2.45, 2.75) is 11.8 Å². The zero-order valence-electron chi connectivity index (χ0n) is 14.4.